The molecule has 0 unspecified atom stereocenters. The van der Waals surface area contributed by atoms with Gasteiger partial charge in [0.25, 0.3) is 0 Å². The van der Waals surface area contributed by atoms with Gasteiger partial charge in [-0.15, -0.1) is 0 Å². The Balaban J connectivity index is 1.37. The lowest BCUT2D eigenvalue weighted by atomic mass is 9.93. The molecule has 1 aliphatic rings. The lowest BCUT2D eigenvalue weighted by molar-refractivity contribution is 1.18. The van der Waals surface area contributed by atoms with Crippen molar-refractivity contribution in [1.29, 1.82) is 5.41 Å². The largest absolute Gasteiger partial charge is 0.354 e. The first-order valence-corrected chi connectivity index (χ1v) is 14.3. The van der Waals surface area contributed by atoms with E-state index in [0.29, 0.717) is 11.5 Å². The highest BCUT2D eigenvalue weighted by Gasteiger charge is 2.19. The number of hydrogen-bond acceptors (Lipinski definition) is 4. The number of fused-ring (bicyclic) bond motifs is 1. The van der Waals surface area contributed by atoms with E-state index in [1.165, 1.54) is 0 Å². The van der Waals surface area contributed by atoms with Gasteiger partial charge in [-0.3, -0.25) is 0 Å². The molecule has 0 amide bonds. The minimum Gasteiger partial charge on any atom is -0.354 e. The van der Waals surface area contributed by atoms with Gasteiger partial charge in [-0.05, 0) is 41.0 Å². The van der Waals surface area contributed by atoms with E-state index in [-0.39, 0.29) is 0 Å². The maximum atomic E-state index is 8.81. The highest BCUT2D eigenvalue weighted by atomic mass is 14.9. The van der Waals surface area contributed by atoms with Gasteiger partial charge in [0.2, 0.25) is 0 Å². The standard InChI is InChI=1S/C39H28N4/c40-34(27-13-5-1-6-14-27)25-38-33-22-21-31(23-32(33)24-35(41-38)28-15-7-2-8-16-28)37-26-36(29-17-9-3-10-18-29)42-39(43-37)30-19-11-4-12-20-30/h1-26,40-41H/b38-25-,40-34?. The zero-order valence-corrected chi connectivity index (χ0v) is 23.4. The maximum Gasteiger partial charge on any atom is 0.160 e. The molecule has 0 aliphatic carbocycles. The molecule has 0 atom stereocenters. The minimum absolute atomic E-state index is 0.447. The number of benzene rings is 5. The summed E-state index contributed by atoms with van der Waals surface area (Å²) in [7, 11) is 0. The summed E-state index contributed by atoms with van der Waals surface area (Å²) >= 11 is 0. The molecule has 43 heavy (non-hydrogen) atoms. The molecule has 4 nitrogen and oxygen atoms in total. The van der Waals surface area contributed by atoms with Crippen molar-refractivity contribution in [1.82, 2.24) is 15.3 Å². The number of allylic oxidation sites excluding steroid dienone is 1. The fourth-order valence-corrected chi connectivity index (χ4v) is 5.29. The van der Waals surface area contributed by atoms with E-state index in [4.69, 9.17) is 15.4 Å². The van der Waals surface area contributed by atoms with Crippen LogP contribution in [0.3, 0.4) is 0 Å². The van der Waals surface area contributed by atoms with Crippen molar-refractivity contribution < 1.29 is 0 Å². The second kappa shape index (κ2) is 11.6. The Kier molecular flexibility index (Phi) is 7.00. The van der Waals surface area contributed by atoms with Crippen LogP contribution in [0.2, 0.25) is 0 Å². The van der Waals surface area contributed by atoms with E-state index >= 15 is 0 Å². The van der Waals surface area contributed by atoms with Gasteiger partial charge in [0.05, 0.1) is 17.1 Å². The van der Waals surface area contributed by atoms with Crippen molar-refractivity contribution in [2.24, 2.45) is 0 Å². The summed E-state index contributed by atoms with van der Waals surface area (Å²) in [5, 5.41) is 12.4. The number of nitrogens with one attached hydrogen (secondary N) is 2. The van der Waals surface area contributed by atoms with Crippen LogP contribution in [0.15, 0.2) is 152 Å². The second-order valence-electron chi connectivity index (χ2n) is 10.4. The molecule has 2 N–H and O–H groups in total. The van der Waals surface area contributed by atoms with Crippen LogP contribution >= 0.6 is 0 Å². The van der Waals surface area contributed by atoms with Crippen molar-refractivity contribution in [3.05, 3.63) is 174 Å². The first kappa shape index (κ1) is 26.1. The van der Waals surface area contributed by atoms with Gasteiger partial charge in [-0.1, -0.05) is 133 Å². The normalized spacial score (nSPS) is 13.1. The quantitative estimate of drug-likeness (QED) is 0.203. The zero-order valence-electron chi connectivity index (χ0n) is 23.4. The van der Waals surface area contributed by atoms with Gasteiger partial charge in [0.15, 0.2) is 5.82 Å². The van der Waals surface area contributed by atoms with E-state index in [1.807, 2.05) is 103 Å². The first-order chi connectivity index (χ1) is 21.2. The molecule has 1 aliphatic heterocycles. The SMILES string of the molecule is N=C(/C=C1\NC(c2ccccc2)=Cc2cc(-c3cc(-c4ccccc4)nc(-c4ccccc4)n3)ccc21)c1ccccc1. The van der Waals surface area contributed by atoms with Gasteiger partial charge >= 0.3 is 0 Å². The maximum absolute atomic E-state index is 8.81. The number of rotatable bonds is 6. The Hall–Kier alpha value is -5.87. The molecule has 0 fully saturated rings. The summed E-state index contributed by atoms with van der Waals surface area (Å²) in [6, 6.07) is 48.9. The summed E-state index contributed by atoms with van der Waals surface area (Å²) in [4.78, 5) is 9.98. The molecule has 4 heteroatoms. The Morgan fingerprint density at radius 3 is 1.77 bits per heavy atom. The van der Waals surface area contributed by atoms with E-state index in [2.05, 4.69) is 59.9 Å². The molecule has 5 aromatic carbocycles. The monoisotopic (exact) mass is 552 g/mol. The third kappa shape index (κ3) is 5.54. The minimum atomic E-state index is 0.447. The Labute approximate surface area is 251 Å². The van der Waals surface area contributed by atoms with Crippen LogP contribution in [-0.2, 0) is 0 Å². The summed E-state index contributed by atoms with van der Waals surface area (Å²) < 4.78 is 0. The molecule has 0 saturated carbocycles. The average Bonchev–Trinajstić information content (AvgIpc) is 3.09. The number of hydrogen-bond donors (Lipinski definition) is 2. The van der Waals surface area contributed by atoms with Crippen LogP contribution in [0, 0.1) is 5.41 Å². The fourth-order valence-electron chi connectivity index (χ4n) is 5.29. The molecule has 204 valence electrons. The highest BCUT2D eigenvalue weighted by Crippen LogP contribution is 2.34. The average molecular weight is 553 g/mol. The summed E-state index contributed by atoms with van der Waals surface area (Å²) in [6.45, 7) is 0. The van der Waals surface area contributed by atoms with E-state index in [1.54, 1.807) is 0 Å². The smallest absolute Gasteiger partial charge is 0.160 e. The lowest BCUT2D eigenvalue weighted by Gasteiger charge is -2.23. The van der Waals surface area contributed by atoms with Crippen LogP contribution in [-0.4, -0.2) is 15.7 Å². The first-order valence-electron chi connectivity index (χ1n) is 14.3. The Bertz CT molecular complexity index is 1920. The van der Waals surface area contributed by atoms with Crippen LogP contribution in [0.25, 0.3) is 51.4 Å². The van der Waals surface area contributed by atoms with Crippen molar-refractivity contribution in [3.63, 3.8) is 0 Å². The molecular weight excluding hydrogens is 524 g/mol. The molecule has 7 rings (SSSR count). The van der Waals surface area contributed by atoms with Gasteiger partial charge in [0.1, 0.15) is 0 Å². The lowest BCUT2D eigenvalue weighted by Crippen LogP contribution is -2.17. The molecule has 0 radical (unpaired) electrons. The highest BCUT2D eigenvalue weighted by molar-refractivity contribution is 6.12. The third-order valence-corrected chi connectivity index (χ3v) is 7.49. The fraction of sp³-hybridized carbons (Fsp3) is 0. The van der Waals surface area contributed by atoms with Crippen LogP contribution in [0.5, 0.6) is 0 Å². The second-order valence-corrected chi connectivity index (χ2v) is 10.4. The summed E-state index contributed by atoms with van der Waals surface area (Å²) in [5.41, 5.74) is 11.1. The van der Waals surface area contributed by atoms with E-state index in [0.717, 1.165) is 61.7 Å². The van der Waals surface area contributed by atoms with Gasteiger partial charge < -0.3 is 10.7 Å². The van der Waals surface area contributed by atoms with Crippen molar-refractivity contribution in [2.75, 3.05) is 0 Å². The predicted octanol–water partition coefficient (Wildman–Crippen LogP) is 8.99. The summed E-state index contributed by atoms with van der Waals surface area (Å²) in [6.07, 6.45) is 4.09. The number of aromatic nitrogens is 2. The number of nitrogens with zero attached hydrogens (tertiary/aromatic N) is 2. The van der Waals surface area contributed by atoms with Crippen LogP contribution < -0.4 is 5.32 Å². The Morgan fingerprint density at radius 2 is 1.12 bits per heavy atom. The topological polar surface area (TPSA) is 61.7 Å². The predicted molar refractivity (Wildman–Crippen MR) is 177 cm³/mol. The van der Waals surface area contributed by atoms with E-state index < -0.39 is 0 Å². The third-order valence-electron chi connectivity index (χ3n) is 7.49. The van der Waals surface area contributed by atoms with Gasteiger partial charge in [-0.2, -0.15) is 0 Å². The van der Waals surface area contributed by atoms with Crippen LogP contribution in [0.4, 0.5) is 0 Å². The van der Waals surface area contributed by atoms with Gasteiger partial charge in [-0.25, -0.2) is 9.97 Å². The molecule has 2 heterocycles. The molecule has 6 aromatic rings. The summed E-state index contributed by atoms with van der Waals surface area (Å²) in [5.74, 6) is 0.689. The van der Waals surface area contributed by atoms with E-state index in [9.17, 15) is 0 Å². The van der Waals surface area contributed by atoms with Crippen molar-refractivity contribution >= 4 is 23.2 Å². The van der Waals surface area contributed by atoms with Crippen molar-refractivity contribution in [3.8, 4) is 33.9 Å². The van der Waals surface area contributed by atoms with Gasteiger partial charge in [0, 0.05) is 33.6 Å². The zero-order chi connectivity index (χ0) is 29.0. The molecule has 1 aromatic heterocycles. The molecule has 0 bridgehead atoms. The molecule has 0 saturated heterocycles. The van der Waals surface area contributed by atoms with Crippen molar-refractivity contribution in [2.45, 2.75) is 0 Å². The molecule has 0 spiro atoms. The van der Waals surface area contributed by atoms with Crippen LogP contribution in [0.1, 0.15) is 22.3 Å². The Morgan fingerprint density at radius 1 is 0.558 bits per heavy atom. The molecular formula is C39H28N4.